The van der Waals surface area contributed by atoms with Crippen molar-refractivity contribution in [3.05, 3.63) is 51.5 Å². The van der Waals surface area contributed by atoms with Crippen LogP contribution < -0.4 is 5.48 Å². The fraction of sp³-hybridized carbons (Fsp3) is 0.429. The molecule has 0 spiro atoms. The maximum atomic E-state index is 14.0. The molecular weight excluding hydrogens is 499 g/mol. The molecule has 1 N–H and O–H groups in total. The van der Waals surface area contributed by atoms with Gasteiger partial charge >= 0.3 is 12.1 Å². The summed E-state index contributed by atoms with van der Waals surface area (Å²) in [4.78, 5) is 38.5. The monoisotopic (exact) mass is 518 g/mol. The van der Waals surface area contributed by atoms with Gasteiger partial charge in [-0.05, 0) is 25.0 Å². The third-order valence-electron chi connectivity index (χ3n) is 5.62. The van der Waals surface area contributed by atoms with E-state index in [1.165, 1.54) is 27.8 Å². The molecule has 8 nitrogen and oxygen atoms in total. The number of halogens is 5. The van der Waals surface area contributed by atoms with Gasteiger partial charge in [-0.3, -0.25) is 14.4 Å². The lowest BCUT2D eigenvalue weighted by atomic mass is 9.97. The zero-order valence-electron chi connectivity index (χ0n) is 18.0. The number of hydrogen-bond acceptors (Lipinski definition) is 7. The lowest BCUT2D eigenvalue weighted by Gasteiger charge is -2.31. The van der Waals surface area contributed by atoms with Crippen LogP contribution in [0.15, 0.2) is 28.7 Å². The number of hydrogen-bond donors (Lipinski definition) is 1. The van der Waals surface area contributed by atoms with E-state index in [4.69, 9.17) is 4.84 Å². The van der Waals surface area contributed by atoms with Crippen LogP contribution in [0.25, 0.3) is 0 Å². The van der Waals surface area contributed by atoms with Crippen molar-refractivity contribution in [1.29, 1.82) is 0 Å². The van der Waals surface area contributed by atoms with Gasteiger partial charge in [0.2, 0.25) is 0 Å². The van der Waals surface area contributed by atoms with E-state index in [0.29, 0.717) is 37.3 Å². The van der Waals surface area contributed by atoms with Gasteiger partial charge in [0.25, 0.3) is 5.91 Å². The van der Waals surface area contributed by atoms with Crippen LogP contribution in [0.4, 0.5) is 22.0 Å². The number of likely N-dealkylation sites (tertiary alicyclic amines) is 1. The van der Waals surface area contributed by atoms with Crippen LogP contribution in [0.5, 0.6) is 0 Å². The first-order chi connectivity index (χ1) is 16.6. The first kappa shape index (κ1) is 25.0. The summed E-state index contributed by atoms with van der Waals surface area (Å²) in [6.07, 6.45) is -4.68. The summed E-state index contributed by atoms with van der Waals surface area (Å²) in [6.45, 7) is -0.0289. The van der Waals surface area contributed by atoms with E-state index in [-0.39, 0.29) is 17.9 Å². The highest BCUT2D eigenvalue weighted by Crippen LogP contribution is 2.35. The molecular formula is C21H19F5N4O4S. The van der Waals surface area contributed by atoms with Crippen LogP contribution >= 0.6 is 11.3 Å². The number of oxime groups is 1. The Bertz CT molecular complexity index is 1110. The SMILES string of the molecule is O=C(CONC(=O)C(F)(F)F)N1CCC(c2nc(C3=NOC(c4c(F)cccc4F)C3)cs2)CC1. The van der Waals surface area contributed by atoms with Gasteiger partial charge in [0.05, 0.1) is 16.3 Å². The van der Waals surface area contributed by atoms with Crippen LogP contribution in [-0.2, 0) is 19.3 Å². The minimum Gasteiger partial charge on any atom is -0.387 e. The molecule has 2 aliphatic heterocycles. The van der Waals surface area contributed by atoms with Gasteiger partial charge in [0.15, 0.2) is 12.7 Å². The summed E-state index contributed by atoms with van der Waals surface area (Å²) >= 11 is 1.40. The Labute approximate surface area is 199 Å². The van der Waals surface area contributed by atoms with Crippen molar-refractivity contribution in [1.82, 2.24) is 15.4 Å². The Morgan fingerprint density at radius 3 is 2.54 bits per heavy atom. The third-order valence-corrected chi connectivity index (χ3v) is 6.63. The molecule has 0 aliphatic carbocycles. The highest BCUT2D eigenvalue weighted by atomic mass is 32.1. The highest BCUT2D eigenvalue weighted by Gasteiger charge is 2.39. The maximum absolute atomic E-state index is 14.0. The van der Waals surface area contributed by atoms with Crippen LogP contribution in [0.3, 0.4) is 0 Å². The summed E-state index contributed by atoms with van der Waals surface area (Å²) in [7, 11) is 0. The predicted octanol–water partition coefficient (Wildman–Crippen LogP) is 3.60. The summed E-state index contributed by atoms with van der Waals surface area (Å²) in [6, 6.07) is 3.58. The van der Waals surface area contributed by atoms with Crippen molar-refractivity contribution in [2.75, 3.05) is 19.7 Å². The normalized spacial score (nSPS) is 18.8. The predicted molar refractivity (Wildman–Crippen MR) is 112 cm³/mol. The molecule has 1 aromatic heterocycles. The molecule has 2 aromatic rings. The van der Waals surface area contributed by atoms with Gasteiger partial charge in [-0.1, -0.05) is 11.2 Å². The molecule has 0 bridgehead atoms. The number of benzene rings is 1. The lowest BCUT2D eigenvalue weighted by Crippen LogP contribution is -2.43. The quantitative estimate of drug-likeness (QED) is 0.466. The molecule has 2 aliphatic rings. The second-order valence-corrected chi connectivity index (χ2v) is 8.80. The number of carbonyl (C=O) groups is 2. The van der Waals surface area contributed by atoms with E-state index in [0.717, 1.165) is 17.1 Å². The van der Waals surface area contributed by atoms with E-state index < -0.39 is 42.3 Å². The molecule has 1 saturated heterocycles. The number of rotatable bonds is 6. The number of nitrogens with one attached hydrogen (secondary N) is 1. The van der Waals surface area contributed by atoms with E-state index in [1.54, 1.807) is 5.38 Å². The first-order valence-electron chi connectivity index (χ1n) is 10.5. The molecule has 1 fully saturated rings. The molecule has 0 saturated carbocycles. The molecule has 1 unspecified atom stereocenters. The minimum absolute atomic E-state index is 0.0476. The molecule has 188 valence electrons. The Hall–Kier alpha value is -3.13. The molecule has 3 heterocycles. The standard InChI is InChI=1S/C21H19F5N4O4S/c22-12-2-1-3-13(23)18(12)16-8-14(28-34-16)15-10-35-19(27-15)11-4-6-30(7-5-11)17(31)9-33-29-20(32)21(24,25)26/h1-3,10-11,16H,4-9H2,(H,29,32). The van der Waals surface area contributed by atoms with Gasteiger partial charge < -0.3 is 9.74 Å². The average Bonchev–Trinajstić information content (AvgIpc) is 3.48. The van der Waals surface area contributed by atoms with Crippen molar-refractivity contribution in [2.45, 2.75) is 37.5 Å². The fourth-order valence-electron chi connectivity index (χ4n) is 3.80. The summed E-state index contributed by atoms with van der Waals surface area (Å²) in [5.41, 5.74) is 2.04. The second kappa shape index (κ2) is 10.2. The molecule has 2 amide bonds. The Balaban J connectivity index is 1.27. The van der Waals surface area contributed by atoms with Gasteiger partial charge in [0.1, 0.15) is 17.3 Å². The zero-order valence-corrected chi connectivity index (χ0v) is 18.8. The highest BCUT2D eigenvalue weighted by molar-refractivity contribution is 7.10. The van der Waals surface area contributed by atoms with Crippen molar-refractivity contribution in [3.8, 4) is 0 Å². The molecule has 0 radical (unpaired) electrons. The van der Waals surface area contributed by atoms with Gasteiger partial charge in [-0.25, -0.2) is 19.2 Å². The Kier molecular flexibility index (Phi) is 7.31. The van der Waals surface area contributed by atoms with Crippen LogP contribution in [0.1, 0.15) is 47.5 Å². The van der Waals surface area contributed by atoms with Crippen molar-refractivity contribution in [3.63, 3.8) is 0 Å². The zero-order chi connectivity index (χ0) is 25.2. The van der Waals surface area contributed by atoms with E-state index in [1.807, 2.05) is 0 Å². The van der Waals surface area contributed by atoms with Gasteiger partial charge in [-0.2, -0.15) is 13.2 Å². The average molecular weight is 518 g/mol. The molecule has 1 atom stereocenters. The molecule has 35 heavy (non-hydrogen) atoms. The van der Waals surface area contributed by atoms with Crippen LogP contribution in [-0.4, -0.2) is 53.3 Å². The topological polar surface area (TPSA) is 93.1 Å². The first-order valence-corrected chi connectivity index (χ1v) is 11.4. The largest absolute Gasteiger partial charge is 0.473 e. The number of alkyl halides is 3. The second-order valence-electron chi connectivity index (χ2n) is 7.92. The number of amides is 2. The Morgan fingerprint density at radius 1 is 1.20 bits per heavy atom. The Morgan fingerprint density at radius 2 is 1.89 bits per heavy atom. The van der Waals surface area contributed by atoms with Gasteiger partial charge in [-0.15, -0.1) is 11.3 Å². The van der Waals surface area contributed by atoms with E-state index in [2.05, 4.69) is 15.0 Å². The number of aromatic nitrogens is 1. The molecule has 1 aromatic carbocycles. The van der Waals surface area contributed by atoms with E-state index in [9.17, 15) is 31.5 Å². The van der Waals surface area contributed by atoms with Crippen molar-refractivity contribution in [2.24, 2.45) is 5.16 Å². The summed E-state index contributed by atoms with van der Waals surface area (Å²) in [5, 5.41) is 6.55. The molecule has 14 heteroatoms. The number of nitrogens with zero attached hydrogens (tertiary/aromatic N) is 3. The van der Waals surface area contributed by atoms with Crippen LogP contribution in [0, 0.1) is 11.6 Å². The maximum Gasteiger partial charge on any atom is 0.473 e. The minimum atomic E-state index is -5.10. The van der Waals surface area contributed by atoms with E-state index >= 15 is 0 Å². The third kappa shape index (κ3) is 5.75. The summed E-state index contributed by atoms with van der Waals surface area (Å²) < 4.78 is 64.4. The smallest absolute Gasteiger partial charge is 0.387 e. The molecule has 4 rings (SSSR count). The van der Waals surface area contributed by atoms with Crippen molar-refractivity contribution >= 4 is 28.9 Å². The van der Waals surface area contributed by atoms with Crippen molar-refractivity contribution < 1.29 is 41.2 Å². The fourth-order valence-corrected chi connectivity index (χ4v) is 4.80. The number of carbonyl (C=O) groups excluding carboxylic acids is 2. The summed E-state index contributed by atoms with van der Waals surface area (Å²) in [5.74, 6) is -4.20. The van der Waals surface area contributed by atoms with Crippen LogP contribution in [0.2, 0.25) is 0 Å². The van der Waals surface area contributed by atoms with Gasteiger partial charge in [0, 0.05) is 30.8 Å². The number of piperidine rings is 1. The number of thiazole rings is 1. The number of hydroxylamine groups is 1. The lowest BCUT2D eigenvalue weighted by molar-refractivity contribution is -0.186.